The Labute approximate surface area is 129 Å². The van der Waals surface area contributed by atoms with Gasteiger partial charge in [-0.3, -0.25) is 9.69 Å². The molecule has 3 rings (SSSR count). The summed E-state index contributed by atoms with van der Waals surface area (Å²) in [4.78, 5) is 14.2. The fourth-order valence-corrected chi connectivity index (χ4v) is 3.06. The zero-order chi connectivity index (χ0) is 15.5. The van der Waals surface area contributed by atoms with Gasteiger partial charge in [-0.2, -0.15) is 0 Å². The van der Waals surface area contributed by atoms with Crippen molar-refractivity contribution in [3.8, 4) is 5.75 Å². The molecule has 1 unspecified atom stereocenters. The van der Waals surface area contributed by atoms with E-state index in [1.54, 1.807) is 12.3 Å². The van der Waals surface area contributed by atoms with Crippen LogP contribution in [0, 0.1) is 0 Å². The normalized spacial score (nSPS) is 19.4. The van der Waals surface area contributed by atoms with Gasteiger partial charge in [0, 0.05) is 24.3 Å². The molecule has 0 saturated carbocycles. The van der Waals surface area contributed by atoms with E-state index in [-0.39, 0.29) is 11.2 Å². The van der Waals surface area contributed by atoms with E-state index in [2.05, 4.69) is 11.8 Å². The van der Waals surface area contributed by atoms with Gasteiger partial charge in [-0.05, 0) is 38.4 Å². The first kappa shape index (κ1) is 14.9. The highest BCUT2D eigenvalue weighted by atomic mass is 16.3. The van der Waals surface area contributed by atoms with E-state index in [0.29, 0.717) is 12.6 Å². The van der Waals surface area contributed by atoms with Crippen LogP contribution >= 0.6 is 0 Å². The molecule has 0 aromatic carbocycles. The number of rotatable bonds is 4. The Balaban J connectivity index is 1.87. The van der Waals surface area contributed by atoms with Gasteiger partial charge < -0.3 is 14.1 Å². The minimum Gasteiger partial charge on any atom is -0.503 e. The second-order valence-corrected chi connectivity index (χ2v) is 6.04. The monoisotopic (exact) mass is 302 g/mol. The average molecular weight is 302 g/mol. The highest BCUT2D eigenvalue weighted by molar-refractivity contribution is 5.21. The number of hydrogen-bond acceptors (Lipinski definition) is 4. The Hall–Kier alpha value is -2.01. The van der Waals surface area contributed by atoms with Gasteiger partial charge in [-0.1, -0.05) is 6.42 Å². The van der Waals surface area contributed by atoms with E-state index in [9.17, 15) is 9.90 Å². The van der Waals surface area contributed by atoms with Crippen molar-refractivity contribution in [2.45, 2.75) is 45.3 Å². The Morgan fingerprint density at radius 1 is 1.36 bits per heavy atom. The van der Waals surface area contributed by atoms with E-state index in [1.165, 1.54) is 25.5 Å². The van der Waals surface area contributed by atoms with Crippen molar-refractivity contribution >= 4 is 0 Å². The molecule has 3 heterocycles. The van der Waals surface area contributed by atoms with Crippen LogP contribution in [0.1, 0.15) is 37.6 Å². The summed E-state index contributed by atoms with van der Waals surface area (Å²) in [6.45, 7) is 4.52. The lowest BCUT2D eigenvalue weighted by Gasteiger charge is -2.33. The molecule has 1 aliphatic heterocycles. The number of furan rings is 1. The van der Waals surface area contributed by atoms with Crippen LogP contribution in [0.25, 0.3) is 0 Å². The molecule has 118 valence electrons. The molecule has 5 nitrogen and oxygen atoms in total. The van der Waals surface area contributed by atoms with Crippen LogP contribution in [0.4, 0.5) is 0 Å². The summed E-state index contributed by atoms with van der Waals surface area (Å²) in [7, 11) is 0. The van der Waals surface area contributed by atoms with Gasteiger partial charge in [0.2, 0.25) is 5.43 Å². The Kier molecular flexibility index (Phi) is 4.34. The highest BCUT2D eigenvalue weighted by Crippen LogP contribution is 2.20. The number of piperidine rings is 1. The summed E-state index contributed by atoms with van der Waals surface area (Å²) in [5, 5.41) is 9.73. The first-order chi connectivity index (χ1) is 10.6. The summed E-state index contributed by atoms with van der Waals surface area (Å²) >= 11 is 0. The molecule has 0 amide bonds. The molecule has 2 aromatic rings. The topological polar surface area (TPSA) is 58.6 Å². The van der Waals surface area contributed by atoms with Crippen molar-refractivity contribution in [3.63, 3.8) is 0 Å². The van der Waals surface area contributed by atoms with E-state index in [0.717, 1.165) is 24.5 Å². The fourth-order valence-electron chi connectivity index (χ4n) is 3.06. The predicted molar refractivity (Wildman–Crippen MR) is 83.9 cm³/mol. The van der Waals surface area contributed by atoms with Crippen LogP contribution in [0.15, 0.2) is 39.9 Å². The van der Waals surface area contributed by atoms with Crippen molar-refractivity contribution in [1.29, 1.82) is 0 Å². The van der Waals surface area contributed by atoms with Crippen LogP contribution in [0.3, 0.4) is 0 Å². The lowest BCUT2D eigenvalue weighted by molar-refractivity contribution is 0.148. The molecule has 1 fully saturated rings. The van der Waals surface area contributed by atoms with Crippen molar-refractivity contribution in [2.75, 3.05) is 6.54 Å². The van der Waals surface area contributed by atoms with Gasteiger partial charge in [0.15, 0.2) is 5.75 Å². The van der Waals surface area contributed by atoms with Gasteiger partial charge in [-0.15, -0.1) is 0 Å². The third-order valence-corrected chi connectivity index (χ3v) is 4.41. The molecule has 22 heavy (non-hydrogen) atoms. The molecule has 1 aliphatic rings. The van der Waals surface area contributed by atoms with Crippen LogP contribution in [0.2, 0.25) is 0 Å². The lowest BCUT2D eigenvalue weighted by atomic mass is 10.0. The van der Waals surface area contributed by atoms with Crippen LogP contribution in [-0.4, -0.2) is 27.2 Å². The van der Waals surface area contributed by atoms with Crippen molar-refractivity contribution < 1.29 is 9.52 Å². The van der Waals surface area contributed by atoms with Crippen molar-refractivity contribution in [3.05, 3.63) is 52.3 Å². The maximum absolute atomic E-state index is 11.8. The SMILES string of the molecule is CC1CCCCN1Cc1cc(=O)c(O)cn1Cc1ccco1. The second kappa shape index (κ2) is 6.40. The second-order valence-electron chi connectivity index (χ2n) is 6.04. The number of hydrogen-bond donors (Lipinski definition) is 1. The lowest BCUT2D eigenvalue weighted by Crippen LogP contribution is -2.37. The van der Waals surface area contributed by atoms with E-state index in [4.69, 9.17) is 4.42 Å². The Morgan fingerprint density at radius 3 is 2.95 bits per heavy atom. The highest BCUT2D eigenvalue weighted by Gasteiger charge is 2.20. The molecule has 5 heteroatoms. The van der Waals surface area contributed by atoms with E-state index in [1.807, 2.05) is 16.7 Å². The molecule has 1 saturated heterocycles. The Bertz CT molecular complexity index is 676. The molecule has 1 atom stereocenters. The average Bonchev–Trinajstić information content (AvgIpc) is 2.99. The van der Waals surface area contributed by atoms with Gasteiger partial charge >= 0.3 is 0 Å². The van der Waals surface area contributed by atoms with Crippen LogP contribution in [0.5, 0.6) is 5.75 Å². The first-order valence-electron chi connectivity index (χ1n) is 7.82. The zero-order valence-corrected chi connectivity index (χ0v) is 12.9. The van der Waals surface area contributed by atoms with Gasteiger partial charge in [-0.25, -0.2) is 0 Å². The number of pyridine rings is 1. The summed E-state index contributed by atoms with van der Waals surface area (Å²) in [5.74, 6) is 0.581. The smallest absolute Gasteiger partial charge is 0.223 e. The molecule has 1 N–H and O–H groups in total. The predicted octanol–water partition coefficient (Wildman–Crippen LogP) is 2.57. The number of aromatic nitrogens is 1. The summed E-state index contributed by atoms with van der Waals surface area (Å²) in [6.07, 6.45) is 6.80. The summed E-state index contributed by atoms with van der Waals surface area (Å²) < 4.78 is 7.28. The number of nitrogens with zero attached hydrogens (tertiary/aromatic N) is 2. The first-order valence-corrected chi connectivity index (χ1v) is 7.82. The standard InChI is InChI=1S/C17H22N2O3/c1-13-5-2-3-7-18(13)10-14-9-16(20)17(21)12-19(14)11-15-6-4-8-22-15/h4,6,8-9,12-13,21H,2-3,5,7,10-11H2,1H3. The quantitative estimate of drug-likeness (QED) is 0.943. The fraction of sp³-hybridized carbons (Fsp3) is 0.471. The van der Waals surface area contributed by atoms with Crippen molar-refractivity contribution in [1.82, 2.24) is 9.47 Å². The molecule has 0 radical (unpaired) electrons. The zero-order valence-electron chi connectivity index (χ0n) is 12.9. The van der Waals surface area contributed by atoms with Crippen molar-refractivity contribution in [2.24, 2.45) is 0 Å². The van der Waals surface area contributed by atoms with Gasteiger partial charge in [0.1, 0.15) is 5.76 Å². The van der Waals surface area contributed by atoms with Gasteiger partial charge in [0.25, 0.3) is 0 Å². The molecule has 2 aromatic heterocycles. The molecular weight excluding hydrogens is 280 g/mol. The largest absolute Gasteiger partial charge is 0.503 e. The summed E-state index contributed by atoms with van der Waals surface area (Å²) in [5.41, 5.74) is 0.586. The minimum atomic E-state index is -0.324. The van der Waals surface area contributed by atoms with Gasteiger partial charge in [0.05, 0.1) is 19.0 Å². The third-order valence-electron chi connectivity index (χ3n) is 4.41. The van der Waals surface area contributed by atoms with Crippen LogP contribution < -0.4 is 5.43 Å². The molecule has 0 aliphatic carbocycles. The van der Waals surface area contributed by atoms with Crippen LogP contribution in [-0.2, 0) is 13.1 Å². The van der Waals surface area contributed by atoms with E-state index >= 15 is 0 Å². The Morgan fingerprint density at radius 2 is 2.23 bits per heavy atom. The molecular formula is C17H22N2O3. The number of likely N-dealkylation sites (tertiary alicyclic amines) is 1. The maximum atomic E-state index is 11.8. The number of aromatic hydroxyl groups is 1. The molecule has 0 spiro atoms. The molecule has 0 bridgehead atoms. The maximum Gasteiger partial charge on any atom is 0.223 e. The minimum absolute atomic E-state index is 0.220. The third kappa shape index (κ3) is 3.25. The summed E-state index contributed by atoms with van der Waals surface area (Å²) in [6, 6.07) is 5.79. The van der Waals surface area contributed by atoms with E-state index < -0.39 is 0 Å².